The molecule has 1 heterocycles. The van der Waals surface area contributed by atoms with Gasteiger partial charge in [-0.05, 0) is 47.9 Å². The van der Waals surface area contributed by atoms with Crippen LogP contribution in [-0.4, -0.2) is 4.57 Å². The van der Waals surface area contributed by atoms with Crippen molar-refractivity contribution in [2.24, 2.45) is 7.05 Å². The first-order valence-corrected chi connectivity index (χ1v) is 8.51. The Morgan fingerprint density at radius 2 is 1.46 bits per heavy atom. The van der Waals surface area contributed by atoms with E-state index in [1.165, 1.54) is 12.1 Å². The zero-order chi connectivity index (χ0) is 18.3. The first kappa shape index (κ1) is 16.3. The van der Waals surface area contributed by atoms with E-state index < -0.39 is 0 Å². The first-order valence-electron chi connectivity index (χ1n) is 8.51. The zero-order valence-corrected chi connectivity index (χ0v) is 14.7. The number of hydrogen-bond acceptors (Lipinski definition) is 1. The van der Waals surface area contributed by atoms with E-state index in [2.05, 4.69) is 0 Å². The maximum absolute atomic E-state index is 13.3. The second-order valence-electron chi connectivity index (χ2n) is 6.45. The van der Waals surface area contributed by atoms with Crippen molar-refractivity contribution in [1.82, 2.24) is 4.57 Å². The van der Waals surface area contributed by atoms with Crippen LogP contribution in [0.1, 0.15) is 5.69 Å². The summed E-state index contributed by atoms with van der Waals surface area (Å²) < 4.78 is 15.3. The van der Waals surface area contributed by atoms with Crippen molar-refractivity contribution in [3.05, 3.63) is 94.5 Å². The number of aromatic nitrogens is 1. The molecule has 128 valence electrons. The molecule has 26 heavy (non-hydrogen) atoms. The molecule has 0 saturated carbocycles. The van der Waals surface area contributed by atoms with Crippen molar-refractivity contribution < 1.29 is 4.39 Å². The number of benzene rings is 3. The molecule has 1 aromatic heterocycles. The van der Waals surface area contributed by atoms with Crippen LogP contribution >= 0.6 is 0 Å². The van der Waals surface area contributed by atoms with E-state index in [9.17, 15) is 9.18 Å². The minimum Gasteiger partial charge on any atom is -0.347 e. The van der Waals surface area contributed by atoms with Crippen molar-refractivity contribution >= 4 is 10.9 Å². The van der Waals surface area contributed by atoms with Crippen LogP contribution < -0.4 is 5.43 Å². The van der Waals surface area contributed by atoms with E-state index in [4.69, 9.17) is 0 Å². The summed E-state index contributed by atoms with van der Waals surface area (Å²) in [6.07, 6.45) is 0. The Labute approximate surface area is 151 Å². The quantitative estimate of drug-likeness (QED) is 0.483. The molecule has 0 aliphatic rings. The lowest BCUT2D eigenvalue weighted by molar-refractivity contribution is 0.628. The molecule has 0 N–H and O–H groups in total. The summed E-state index contributed by atoms with van der Waals surface area (Å²) in [4.78, 5) is 13.3. The molecule has 0 spiro atoms. The molecular weight excluding hydrogens is 325 g/mol. The Morgan fingerprint density at radius 1 is 0.808 bits per heavy atom. The van der Waals surface area contributed by atoms with Crippen LogP contribution in [0.3, 0.4) is 0 Å². The van der Waals surface area contributed by atoms with E-state index in [-0.39, 0.29) is 11.2 Å². The van der Waals surface area contributed by atoms with Gasteiger partial charge in [0, 0.05) is 23.7 Å². The molecule has 2 nitrogen and oxygen atoms in total. The third kappa shape index (κ3) is 2.62. The van der Waals surface area contributed by atoms with Crippen LogP contribution in [0.5, 0.6) is 0 Å². The highest BCUT2D eigenvalue weighted by molar-refractivity contribution is 5.89. The average Bonchev–Trinajstić information content (AvgIpc) is 2.67. The minimum absolute atomic E-state index is 0.0192. The van der Waals surface area contributed by atoms with Crippen LogP contribution in [0, 0.1) is 12.7 Å². The molecule has 4 aromatic rings. The van der Waals surface area contributed by atoms with Gasteiger partial charge in [-0.3, -0.25) is 4.79 Å². The smallest absolute Gasteiger partial charge is 0.197 e. The van der Waals surface area contributed by atoms with Gasteiger partial charge in [0.05, 0.1) is 5.52 Å². The fraction of sp³-hybridized carbons (Fsp3) is 0.0870. The average molecular weight is 343 g/mol. The van der Waals surface area contributed by atoms with E-state index in [0.717, 1.165) is 33.5 Å². The molecule has 0 amide bonds. The molecule has 0 aliphatic carbocycles. The fourth-order valence-electron chi connectivity index (χ4n) is 3.42. The Bertz CT molecular complexity index is 1160. The molecule has 0 bridgehead atoms. The topological polar surface area (TPSA) is 22.0 Å². The van der Waals surface area contributed by atoms with Crippen molar-refractivity contribution in [3.8, 4) is 22.3 Å². The Morgan fingerprint density at radius 3 is 2.15 bits per heavy atom. The molecule has 0 unspecified atom stereocenters. The molecule has 3 aromatic carbocycles. The molecule has 0 saturated heterocycles. The Balaban J connectivity index is 2.01. The van der Waals surface area contributed by atoms with E-state index >= 15 is 0 Å². The highest BCUT2D eigenvalue weighted by atomic mass is 19.1. The van der Waals surface area contributed by atoms with E-state index in [1.54, 1.807) is 12.1 Å². The van der Waals surface area contributed by atoms with E-state index in [0.29, 0.717) is 5.39 Å². The largest absolute Gasteiger partial charge is 0.347 e. The maximum Gasteiger partial charge on any atom is 0.197 e. The number of nitrogens with zero attached hydrogens (tertiary/aromatic N) is 1. The zero-order valence-electron chi connectivity index (χ0n) is 14.7. The SMILES string of the molecule is Cc1c(-c2ccccc2)c(=O)c2cc(-c3ccc(F)cc3)ccc2n1C. The van der Waals surface area contributed by atoms with Crippen LogP contribution in [0.4, 0.5) is 4.39 Å². The van der Waals surface area contributed by atoms with Crippen molar-refractivity contribution in [1.29, 1.82) is 0 Å². The Kier molecular flexibility index (Phi) is 3.92. The van der Waals surface area contributed by atoms with Gasteiger partial charge in [-0.1, -0.05) is 48.5 Å². The monoisotopic (exact) mass is 343 g/mol. The Hall–Kier alpha value is -3.20. The summed E-state index contributed by atoms with van der Waals surface area (Å²) in [5.41, 5.74) is 5.26. The van der Waals surface area contributed by atoms with Crippen molar-refractivity contribution in [2.45, 2.75) is 6.92 Å². The second kappa shape index (κ2) is 6.26. The second-order valence-corrected chi connectivity index (χ2v) is 6.45. The number of halogens is 1. The van der Waals surface area contributed by atoms with E-state index in [1.807, 2.05) is 67.1 Å². The van der Waals surface area contributed by atoms with Crippen LogP contribution in [0.25, 0.3) is 33.2 Å². The van der Waals surface area contributed by atoms with Crippen LogP contribution in [0.15, 0.2) is 77.6 Å². The number of fused-ring (bicyclic) bond motifs is 1. The molecule has 4 rings (SSSR count). The number of pyridine rings is 1. The van der Waals surface area contributed by atoms with Crippen LogP contribution in [-0.2, 0) is 7.05 Å². The molecule has 0 atom stereocenters. The lowest BCUT2D eigenvalue weighted by atomic mass is 9.98. The summed E-state index contributed by atoms with van der Waals surface area (Å²) in [7, 11) is 1.97. The van der Waals surface area contributed by atoms with Crippen LogP contribution in [0.2, 0.25) is 0 Å². The molecular formula is C23H18FNO. The fourth-order valence-corrected chi connectivity index (χ4v) is 3.42. The molecule has 0 fully saturated rings. The van der Waals surface area contributed by atoms with Gasteiger partial charge in [-0.15, -0.1) is 0 Å². The van der Waals surface area contributed by atoms with Gasteiger partial charge in [-0.2, -0.15) is 0 Å². The highest BCUT2D eigenvalue weighted by Crippen LogP contribution is 2.27. The van der Waals surface area contributed by atoms with Crippen molar-refractivity contribution in [2.75, 3.05) is 0 Å². The maximum atomic E-state index is 13.3. The van der Waals surface area contributed by atoms with Gasteiger partial charge in [0.2, 0.25) is 0 Å². The minimum atomic E-state index is -0.271. The standard InChI is InChI=1S/C23H18FNO/c1-15-22(17-6-4-3-5-7-17)23(26)20-14-18(10-13-21(20)25(15)2)16-8-11-19(24)12-9-16/h3-14H,1-2H3. The predicted octanol–water partition coefficient (Wildman–Crippen LogP) is 5.32. The molecule has 0 radical (unpaired) electrons. The van der Waals surface area contributed by atoms with Crippen molar-refractivity contribution in [3.63, 3.8) is 0 Å². The number of aryl methyl sites for hydroxylation is 1. The summed E-state index contributed by atoms with van der Waals surface area (Å²) in [5.74, 6) is -0.271. The van der Waals surface area contributed by atoms with Gasteiger partial charge in [0.15, 0.2) is 5.43 Å². The third-order valence-corrected chi connectivity index (χ3v) is 4.93. The summed E-state index contributed by atoms with van der Waals surface area (Å²) in [6, 6.07) is 21.9. The molecule has 3 heteroatoms. The molecule has 0 aliphatic heterocycles. The predicted molar refractivity (Wildman–Crippen MR) is 105 cm³/mol. The van der Waals surface area contributed by atoms with Gasteiger partial charge in [-0.25, -0.2) is 4.39 Å². The third-order valence-electron chi connectivity index (χ3n) is 4.93. The summed E-state index contributed by atoms with van der Waals surface area (Å²) in [5, 5.41) is 0.666. The van der Waals surface area contributed by atoms with Gasteiger partial charge < -0.3 is 4.57 Å². The normalized spacial score (nSPS) is 11.0. The number of rotatable bonds is 2. The first-order chi connectivity index (χ1) is 12.6. The van der Waals surface area contributed by atoms with Gasteiger partial charge in [0.25, 0.3) is 0 Å². The summed E-state index contributed by atoms with van der Waals surface area (Å²) in [6.45, 7) is 1.97. The summed E-state index contributed by atoms with van der Waals surface area (Å²) >= 11 is 0. The van der Waals surface area contributed by atoms with Gasteiger partial charge in [0.1, 0.15) is 5.82 Å². The lowest BCUT2D eigenvalue weighted by Gasteiger charge is -2.15. The lowest BCUT2D eigenvalue weighted by Crippen LogP contribution is -2.14. The number of hydrogen-bond donors (Lipinski definition) is 0. The van der Waals surface area contributed by atoms with Gasteiger partial charge >= 0.3 is 0 Å². The highest BCUT2D eigenvalue weighted by Gasteiger charge is 2.14.